The summed E-state index contributed by atoms with van der Waals surface area (Å²) >= 11 is 0. The summed E-state index contributed by atoms with van der Waals surface area (Å²) in [7, 11) is 1.36. The molecule has 0 heterocycles. The van der Waals surface area contributed by atoms with Crippen molar-refractivity contribution in [1.29, 1.82) is 0 Å². The van der Waals surface area contributed by atoms with E-state index in [-0.39, 0.29) is 6.61 Å². The van der Waals surface area contributed by atoms with Crippen molar-refractivity contribution in [2.24, 2.45) is 5.73 Å². The summed E-state index contributed by atoms with van der Waals surface area (Å²) in [5.74, 6) is -1.71. The minimum absolute atomic E-state index is 0.109. The maximum atomic E-state index is 11.8. The van der Waals surface area contributed by atoms with Crippen LogP contribution in [0.25, 0.3) is 0 Å². The van der Waals surface area contributed by atoms with Crippen LogP contribution in [0.3, 0.4) is 0 Å². The molecule has 0 saturated carbocycles. The van der Waals surface area contributed by atoms with Gasteiger partial charge in [0.15, 0.2) is 6.04 Å². The molecule has 0 fully saturated rings. The van der Waals surface area contributed by atoms with Gasteiger partial charge in [-0.15, -0.1) is 0 Å². The molecule has 0 saturated heterocycles. The molecule has 2 atom stereocenters. The van der Waals surface area contributed by atoms with Crippen molar-refractivity contribution in [1.82, 2.24) is 5.32 Å². The Balaban J connectivity index is 2.67. The highest BCUT2D eigenvalue weighted by Crippen LogP contribution is 2.09. The zero-order valence-corrected chi connectivity index (χ0v) is 10.00. The lowest BCUT2D eigenvalue weighted by Gasteiger charge is -2.17. The standard InChI is InChI=1S/C12H16N2O4/c1-18-7-9(12(16)17)14-11(15)10(13)8-5-3-2-4-6-8/h2-6,9-10H,7,13H2,1H3,(H,14,15)(H,16,17)/t9?,10-/m0/s1. The van der Waals surface area contributed by atoms with E-state index in [4.69, 9.17) is 15.6 Å². The number of nitrogens with one attached hydrogen (secondary N) is 1. The molecule has 1 unspecified atom stereocenters. The Hall–Kier alpha value is -1.92. The number of carbonyl (C=O) groups is 2. The van der Waals surface area contributed by atoms with Gasteiger partial charge in [0.25, 0.3) is 0 Å². The molecule has 1 amide bonds. The Morgan fingerprint density at radius 1 is 1.39 bits per heavy atom. The van der Waals surface area contributed by atoms with Crippen LogP contribution in [0.2, 0.25) is 0 Å². The number of aliphatic carboxylic acids is 1. The molecule has 1 aromatic rings. The van der Waals surface area contributed by atoms with Crippen molar-refractivity contribution < 1.29 is 19.4 Å². The van der Waals surface area contributed by atoms with Crippen molar-refractivity contribution in [3.63, 3.8) is 0 Å². The smallest absolute Gasteiger partial charge is 0.328 e. The summed E-state index contributed by atoms with van der Waals surface area (Å²) in [6.07, 6.45) is 0. The largest absolute Gasteiger partial charge is 0.480 e. The number of ether oxygens (including phenoxy) is 1. The van der Waals surface area contributed by atoms with Crippen LogP contribution < -0.4 is 11.1 Å². The van der Waals surface area contributed by atoms with Gasteiger partial charge in [-0.3, -0.25) is 4.79 Å². The van der Waals surface area contributed by atoms with E-state index in [0.717, 1.165) is 0 Å². The van der Waals surface area contributed by atoms with Crippen LogP contribution in [-0.4, -0.2) is 36.7 Å². The second kappa shape index (κ2) is 6.73. The summed E-state index contributed by atoms with van der Waals surface area (Å²) in [6.45, 7) is -0.109. The molecule has 4 N–H and O–H groups in total. The predicted molar refractivity (Wildman–Crippen MR) is 64.8 cm³/mol. The zero-order valence-electron chi connectivity index (χ0n) is 10.00. The van der Waals surface area contributed by atoms with Crippen molar-refractivity contribution in [3.05, 3.63) is 35.9 Å². The molecule has 1 aromatic carbocycles. The number of carboxylic acid groups (broad SMARTS) is 1. The Kier molecular flexibility index (Phi) is 5.29. The van der Waals surface area contributed by atoms with Gasteiger partial charge in [0, 0.05) is 7.11 Å². The molecule has 0 bridgehead atoms. The van der Waals surface area contributed by atoms with Crippen molar-refractivity contribution in [3.8, 4) is 0 Å². The molecule has 6 heteroatoms. The first-order valence-corrected chi connectivity index (χ1v) is 5.39. The summed E-state index contributed by atoms with van der Waals surface area (Å²) in [6, 6.07) is 6.73. The van der Waals surface area contributed by atoms with Gasteiger partial charge in [0.05, 0.1) is 6.61 Å². The second-order valence-corrected chi connectivity index (χ2v) is 3.74. The van der Waals surface area contributed by atoms with E-state index in [2.05, 4.69) is 5.32 Å². The molecule has 0 aliphatic rings. The lowest BCUT2D eigenvalue weighted by molar-refractivity contribution is -0.143. The molecule has 0 aliphatic carbocycles. The SMILES string of the molecule is COCC(NC(=O)[C@@H](N)c1ccccc1)C(=O)O. The molecule has 1 rings (SSSR count). The highest BCUT2D eigenvalue weighted by molar-refractivity contribution is 5.87. The van der Waals surface area contributed by atoms with Crippen LogP contribution in [0.15, 0.2) is 30.3 Å². The number of carbonyl (C=O) groups excluding carboxylic acids is 1. The van der Waals surface area contributed by atoms with Crippen LogP contribution >= 0.6 is 0 Å². The number of rotatable bonds is 6. The van der Waals surface area contributed by atoms with Crippen molar-refractivity contribution in [2.75, 3.05) is 13.7 Å². The summed E-state index contributed by atoms with van der Waals surface area (Å²) in [5, 5.41) is 11.2. The van der Waals surface area contributed by atoms with Gasteiger partial charge in [-0.05, 0) is 5.56 Å². The Morgan fingerprint density at radius 2 is 2.00 bits per heavy atom. The fourth-order valence-electron chi connectivity index (χ4n) is 1.41. The van der Waals surface area contributed by atoms with Gasteiger partial charge < -0.3 is 20.9 Å². The van der Waals surface area contributed by atoms with Gasteiger partial charge in [-0.25, -0.2) is 4.79 Å². The maximum Gasteiger partial charge on any atom is 0.328 e. The Morgan fingerprint density at radius 3 is 2.50 bits per heavy atom. The second-order valence-electron chi connectivity index (χ2n) is 3.74. The molecule has 18 heavy (non-hydrogen) atoms. The third kappa shape index (κ3) is 3.83. The van der Waals surface area contributed by atoms with E-state index in [0.29, 0.717) is 5.56 Å². The number of nitrogens with two attached hydrogens (primary N) is 1. The lowest BCUT2D eigenvalue weighted by atomic mass is 10.1. The monoisotopic (exact) mass is 252 g/mol. The van der Waals surface area contributed by atoms with Gasteiger partial charge >= 0.3 is 5.97 Å². The maximum absolute atomic E-state index is 11.8. The molecule has 6 nitrogen and oxygen atoms in total. The third-order valence-corrected chi connectivity index (χ3v) is 2.39. The number of hydrogen-bond donors (Lipinski definition) is 3. The van der Waals surface area contributed by atoms with Gasteiger partial charge in [-0.1, -0.05) is 30.3 Å². The number of amides is 1. The minimum atomic E-state index is -1.16. The van der Waals surface area contributed by atoms with Gasteiger partial charge in [0.1, 0.15) is 6.04 Å². The fraction of sp³-hybridized carbons (Fsp3) is 0.333. The predicted octanol–water partition coefficient (Wildman–Crippen LogP) is -0.0978. The molecule has 0 aromatic heterocycles. The highest BCUT2D eigenvalue weighted by Gasteiger charge is 2.23. The number of hydrogen-bond acceptors (Lipinski definition) is 4. The Bertz CT molecular complexity index is 408. The van der Waals surface area contributed by atoms with Gasteiger partial charge in [-0.2, -0.15) is 0 Å². The normalized spacial score (nSPS) is 13.7. The van der Waals surface area contributed by atoms with E-state index in [1.54, 1.807) is 30.3 Å². The quantitative estimate of drug-likeness (QED) is 0.656. The van der Waals surface area contributed by atoms with E-state index in [9.17, 15) is 9.59 Å². The zero-order chi connectivity index (χ0) is 13.5. The molecule has 0 aliphatic heterocycles. The van der Waals surface area contributed by atoms with E-state index in [1.807, 2.05) is 0 Å². The third-order valence-electron chi connectivity index (χ3n) is 2.39. The topological polar surface area (TPSA) is 102 Å². The first-order valence-electron chi connectivity index (χ1n) is 5.39. The number of benzene rings is 1. The summed E-state index contributed by atoms with van der Waals surface area (Å²) in [5.41, 5.74) is 6.36. The van der Waals surface area contributed by atoms with Crippen LogP contribution in [0.1, 0.15) is 11.6 Å². The average Bonchev–Trinajstić information content (AvgIpc) is 2.38. The number of methoxy groups -OCH3 is 1. The van der Waals surface area contributed by atoms with Crippen LogP contribution in [0.4, 0.5) is 0 Å². The van der Waals surface area contributed by atoms with E-state index in [1.165, 1.54) is 7.11 Å². The van der Waals surface area contributed by atoms with E-state index >= 15 is 0 Å². The fourth-order valence-corrected chi connectivity index (χ4v) is 1.41. The van der Waals surface area contributed by atoms with Crippen LogP contribution in [-0.2, 0) is 14.3 Å². The molecule has 0 spiro atoms. The molecule has 98 valence electrons. The van der Waals surface area contributed by atoms with Crippen molar-refractivity contribution >= 4 is 11.9 Å². The molecule has 0 radical (unpaired) electrons. The minimum Gasteiger partial charge on any atom is -0.480 e. The summed E-state index contributed by atoms with van der Waals surface area (Å²) < 4.78 is 4.72. The van der Waals surface area contributed by atoms with Crippen LogP contribution in [0.5, 0.6) is 0 Å². The average molecular weight is 252 g/mol. The van der Waals surface area contributed by atoms with Crippen LogP contribution in [0, 0.1) is 0 Å². The van der Waals surface area contributed by atoms with Gasteiger partial charge in [0.2, 0.25) is 5.91 Å². The van der Waals surface area contributed by atoms with E-state index < -0.39 is 24.0 Å². The summed E-state index contributed by atoms with van der Waals surface area (Å²) in [4.78, 5) is 22.6. The number of carboxylic acids is 1. The van der Waals surface area contributed by atoms with Crippen molar-refractivity contribution in [2.45, 2.75) is 12.1 Å². The Labute approximate surface area is 105 Å². The first kappa shape index (κ1) is 14.1. The highest BCUT2D eigenvalue weighted by atomic mass is 16.5. The lowest BCUT2D eigenvalue weighted by Crippen LogP contribution is -2.47. The first-order chi connectivity index (χ1) is 8.56. The molecular formula is C12H16N2O4. The molecular weight excluding hydrogens is 236 g/mol.